The molecule has 1 saturated heterocycles. The molecule has 1 aliphatic heterocycles. The van der Waals surface area contributed by atoms with Crippen LogP contribution in [0.5, 0.6) is 0 Å². The third kappa shape index (κ3) is 3.70. The highest BCUT2D eigenvalue weighted by atomic mass is 79.9. The predicted octanol–water partition coefficient (Wildman–Crippen LogP) is 2.62. The Morgan fingerprint density at radius 2 is 2.25 bits per heavy atom. The van der Waals surface area contributed by atoms with Crippen molar-refractivity contribution in [3.05, 3.63) is 22.8 Å². The number of methoxy groups -OCH3 is 1. The Morgan fingerprint density at radius 1 is 1.50 bits per heavy atom. The van der Waals surface area contributed by atoms with E-state index in [1.807, 2.05) is 12.1 Å². The van der Waals surface area contributed by atoms with Gasteiger partial charge in [-0.15, -0.1) is 0 Å². The van der Waals surface area contributed by atoms with Gasteiger partial charge in [0, 0.05) is 30.4 Å². The van der Waals surface area contributed by atoms with E-state index in [1.54, 1.807) is 6.20 Å². The van der Waals surface area contributed by atoms with Gasteiger partial charge in [0.25, 0.3) is 0 Å². The van der Waals surface area contributed by atoms with E-state index in [1.165, 1.54) is 7.11 Å². The maximum absolute atomic E-state index is 12.0. The lowest BCUT2D eigenvalue weighted by Crippen LogP contribution is -2.39. The average molecular weight is 343 g/mol. The van der Waals surface area contributed by atoms with Crippen molar-refractivity contribution >= 4 is 27.7 Å². The van der Waals surface area contributed by atoms with Crippen LogP contribution in [0.4, 0.5) is 5.82 Å². The van der Waals surface area contributed by atoms with Gasteiger partial charge in [-0.2, -0.15) is 0 Å². The molecule has 0 aliphatic carbocycles. The van der Waals surface area contributed by atoms with Crippen LogP contribution in [0.3, 0.4) is 0 Å². The minimum atomic E-state index is -0.421. The molecule has 0 unspecified atom stereocenters. The number of rotatable bonds is 5. The molecule has 1 aromatic heterocycles. The summed E-state index contributed by atoms with van der Waals surface area (Å²) in [6.45, 7) is 1.92. The molecular formula is C14H19BrN2O3. The summed E-state index contributed by atoms with van der Waals surface area (Å²) in [5, 5.41) is 3.24. The highest BCUT2D eigenvalue weighted by Crippen LogP contribution is 2.35. The Bertz CT molecular complexity index is 444. The number of carbonyl (C=O) groups is 1. The zero-order valence-corrected chi connectivity index (χ0v) is 13.1. The van der Waals surface area contributed by atoms with Gasteiger partial charge < -0.3 is 14.8 Å². The molecule has 1 N–H and O–H groups in total. The minimum Gasteiger partial charge on any atom is -0.469 e. The first kappa shape index (κ1) is 15.3. The van der Waals surface area contributed by atoms with Crippen LogP contribution in [0.15, 0.2) is 22.8 Å². The number of ether oxygens (including phenoxy) is 2. The van der Waals surface area contributed by atoms with Gasteiger partial charge in [-0.1, -0.05) is 0 Å². The fourth-order valence-corrected chi connectivity index (χ4v) is 2.68. The lowest BCUT2D eigenvalue weighted by atomic mass is 9.77. The van der Waals surface area contributed by atoms with Crippen LogP contribution in [0.2, 0.25) is 0 Å². The van der Waals surface area contributed by atoms with Crippen LogP contribution in [-0.4, -0.2) is 37.8 Å². The van der Waals surface area contributed by atoms with Crippen molar-refractivity contribution < 1.29 is 14.3 Å². The Hall–Kier alpha value is -1.14. The molecule has 1 fully saturated rings. The van der Waals surface area contributed by atoms with Gasteiger partial charge in [0.1, 0.15) is 5.82 Å². The van der Waals surface area contributed by atoms with Gasteiger partial charge in [0.2, 0.25) is 0 Å². The van der Waals surface area contributed by atoms with Crippen molar-refractivity contribution in [3.63, 3.8) is 0 Å². The number of pyridine rings is 1. The molecule has 0 saturated carbocycles. The second-order valence-electron chi connectivity index (χ2n) is 4.92. The summed E-state index contributed by atoms with van der Waals surface area (Å²) in [6, 6.07) is 3.83. The third-order valence-corrected chi connectivity index (χ3v) is 4.17. The van der Waals surface area contributed by atoms with Crippen LogP contribution in [0.25, 0.3) is 0 Å². The Labute approximate surface area is 127 Å². The molecule has 2 rings (SSSR count). The predicted molar refractivity (Wildman–Crippen MR) is 79.5 cm³/mol. The number of nitrogens with one attached hydrogen (secondary N) is 1. The maximum atomic E-state index is 12.0. The van der Waals surface area contributed by atoms with Crippen LogP contribution >= 0.6 is 15.9 Å². The molecule has 20 heavy (non-hydrogen) atoms. The third-order valence-electron chi connectivity index (χ3n) is 3.71. The van der Waals surface area contributed by atoms with Crippen molar-refractivity contribution in [2.75, 3.05) is 32.2 Å². The van der Waals surface area contributed by atoms with Crippen molar-refractivity contribution in [3.8, 4) is 0 Å². The molecule has 0 atom stereocenters. The number of esters is 1. The lowest BCUT2D eigenvalue weighted by Gasteiger charge is -2.34. The molecule has 0 amide bonds. The van der Waals surface area contributed by atoms with Gasteiger partial charge in [0.15, 0.2) is 0 Å². The Balaban J connectivity index is 1.92. The van der Waals surface area contributed by atoms with E-state index < -0.39 is 5.41 Å². The smallest absolute Gasteiger partial charge is 0.312 e. The van der Waals surface area contributed by atoms with Gasteiger partial charge in [0.05, 0.1) is 12.5 Å². The second-order valence-corrected chi connectivity index (χ2v) is 5.84. The topological polar surface area (TPSA) is 60.5 Å². The largest absolute Gasteiger partial charge is 0.469 e. The summed E-state index contributed by atoms with van der Waals surface area (Å²) >= 11 is 3.35. The van der Waals surface area contributed by atoms with Gasteiger partial charge in [-0.05, 0) is 47.3 Å². The molecule has 1 aromatic rings. The van der Waals surface area contributed by atoms with Crippen molar-refractivity contribution in [2.45, 2.75) is 19.3 Å². The van der Waals surface area contributed by atoms with Crippen molar-refractivity contribution in [2.24, 2.45) is 5.41 Å². The number of aromatic nitrogens is 1. The first-order valence-electron chi connectivity index (χ1n) is 6.68. The lowest BCUT2D eigenvalue weighted by molar-refractivity contribution is -0.159. The molecule has 2 heterocycles. The monoisotopic (exact) mass is 342 g/mol. The molecule has 6 heteroatoms. The maximum Gasteiger partial charge on any atom is 0.312 e. The first-order chi connectivity index (χ1) is 9.66. The standard InChI is InChI=1S/C14H19BrN2O3/c1-19-13(18)14(5-8-20-9-6-14)4-7-16-12-3-2-11(15)10-17-12/h2-3,10H,4-9H2,1H3,(H,16,17). The Kier molecular flexibility index (Phi) is 5.37. The average Bonchev–Trinajstić information content (AvgIpc) is 2.49. The van der Waals surface area contributed by atoms with E-state index in [9.17, 15) is 4.79 Å². The summed E-state index contributed by atoms with van der Waals surface area (Å²) in [6.07, 6.45) is 3.90. The summed E-state index contributed by atoms with van der Waals surface area (Å²) < 4.78 is 11.3. The number of carbonyl (C=O) groups excluding carboxylic acids is 1. The Morgan fingerprint density at radius 3 is 2.85 bits per heavy atom. The van der Waals surface area contributed by atoms with Crippen molar-refractivity contribution in [1.29, 1.82) is 0 Å². The number of anilines is 1. The molecular weight excluding hydrogens is 324 g/mol. The van der Waals surface area contributed by atoms with Crippen LogP contribution < -0.4 is 5.32 Å². The highest BCUT2D eigenvalue weighted by molar-refractivity contribution is 9.10. The summed E-state index contributed by atoms with van der Waals surface area (Å²) in [7, 11) is 1.45. The summed E-state index contributed by atoms with van der Waals surface area (Å²) in [5.41, 5.74) is -0.421. The van der Waals surface area contributed by atoms with E-state index in [0.29, 0.717) is 19.8 Å². The molecule has 0 bridgehead atoms. The molecule has 0 radical (unpaired) electrons. The van der Waals surface area contributed by atoms with E-state index in [0.717, 1.165) is 29.6 Å². The van der Waals surface area contributed by atoms with Gasteiger partial charge >= 0.3 is 5.97 Å². The van der Waals surface area contributed by atoms with Crippen LogP contribution in [0.1, 0.15) is 19.3 Å². The number of halogens is 1. The number of hydrogen-bond acceptors (Lipinski definition) is 5. The van der Waals surface area contributed by atoms with Crippen molar-refractivity contribution in [1.82, 2.24) is 4.98 Å². The van der Waals surface area contributed by atoms with E-state index in [2.05, 4.69) is 26.2 Å². The van der Waals surface area contributed by atoms with E-state index in [4.69, 9.17) is 9.47 Å². The zero-order chi connectivity index (χ0) is 14.4. The summed E-state index contributed by atoms with van der Waals surface area (Å²) in [4.78, 5) is 16.3. The minimum absolute atomic E-state index is 0.133. The zero-order valence-electron chi connectivity index (χ0n) is 11.5. The van der Waals surface area contributed by atoms with E-state index >= 15 is 0 Å². The normalized spacial score (nSPS) is 17.5. The second kappa shape index (κ2) is 7.04. The highest BCUT2D eigenvalue weighted by Gasteiger charge is 2.40. The summed E-state index contributed by atoms with van der Waals surface area (Å²) in [5.74, 6) is 0.673. The fraction of sp³-hybridized carbons (Fsp3) is 0.571. The molecule has 1 aliphatic rings. The molecule has 5 nitrogen and oxygen atoms in total. The van der Waals surface area contributed by atoms with Crippen LogP contribution in [0, 0.1) is 5.41 Å². The van der Waals surface area contributed by atoms with Gasteiger partial charge in [-0.25, -0.2) is 4.98 Å². The SMILES string of the molecule is COC(=O)C1(CCNc2ccc(Br)cn2)CCOCC1. The van der Waals surface area contributed by atoms with Crippen LogP contribution in [-0.2, 0) is 14.3 Å². The number of nitrogens with zero attached hydrogens (tertiary/aromatic N) is 1. The molecule has 0 spiro atoms. The number of hydrogen-bond donors (Lipinski definition) is 1. The molecule has 0 aromatic carbocycles. The van der Waals surface area contributed by atoms with E-state index in [-0.39, 0.29) is 5.97 Å². The van der Waals surface area contributed by atoms with Gasteiger partial charge in [-0.3, -0.25) is 4.79 Å². The molecule has 110 valence electrons. The quantitative estimate of drug-likeness (QED) is 0.833. The first-order valence-corrected chi connectivity index (χ1v) is 7.47. The fourth-order valence-electron chi connectivity index (χ4n) is 2.45.